The van der Waals surface area contributed by atoms with Gasteiger partial charge < -0.3 is 20.4 Å². The molecule has 5 heteroatoms. The van der Waals surface area contributed by atoms with Crippen LogP contribution < -0.4 is 10.6 Å². The molecule has 0 saturated carbocycles. The molecule has 0 spiro atoms. The van der Waals surface area contributed by atoms with E-state index in [-0.39, 0.29) is 0 Å². The van der Waals surface area contributed by atoms with Crippen LogP contribution in [0.2, 0.25) is 0 Å². The lowest BCUT2D eigenvalue weighted by Gasteiger charge is -2.21. The lowest BCUT2D eigenvalue weighted by atomic mass is 10.2. The Morgan fingerprint density at radius 3 is 2.68 bits per heavy atom. The van der Waals surface area contributed by atoms with Crippen LogP contribution in [-0.4, -0.2) is 69.1 Å². The largest absolute Gasteiger partial charge is 0.355 e. The van der Waals surface area contributed by atoms with Gasteiger partial charge in [0.15, 0.2) is 5.96 Å². The molecule has 0 aromatic heterocycles. The molecule has 0 radical (unpaired) electrons. The highest BCUT2D eigenvalue weighted by atomic mass is 15.2. The van der Waals surface area contributed by atoms with Crippen LogP contribution in [0.4, 0.5) is 0 Å². The van der Waals surface area contributed by atoms with E-state index < -0.39 is 0 Å². The first-order chi connectivity index (χ1) is 10.8. The fourth-order valence-electron chi connectivity index (χ4n) is 2.66. The van der Waals surface area contributed by atoms with E-state index in [1.54, 1.807) is 0 Å². The molecular formula is C17H29N5. The Bertz CT molecular complexity index is 446. The number of guanidine groups is 1. The molecule has 0 amide bonds. The highest BCUT2D eigenvalue weighted by Gasteiger charge is 2.11. The number of rotatable bonds is 5. The van der Waals surface area contributed by atoms with E-state index >= 15 is 0 Å². The molecule has 1 aromatic rings. The van der Waals surface area contributed by atoms with Crippen molar-refractivity contribution in [1.29, 1.82) is 0 Å². The quantitative estimate of drug-likeness (QED) is 0.629. The summed E-state index contributed by atoms with van der Waals surface area (Å²) in [4.78, 5) is 9.22. The molecule has 0 aliphatic carbocycles. The van der Waals surface area contributed by atoms with Crippen LogP contribution in [0.15, 0.2) is 35.3 Å². The number of hydrogen-bond acceptors (Lipinski definition) is 3. The standard InChI is InChI=1S/C17H29N5/c1-18-17(20-15-16-7-4-3-5-8-16)19-9-12-22-11-6-10-21(2)13-14-22/h3-5,7-8H,6,9-15H2,1-2H3,(H2,18,19,20). The van der Waals surface area contributed by atoms with Gasteiger partial charge in [0.2, 0.25) is 0 Å². The summed E-state index contributed by atoms with van der Waals surface area (Å²) in [7, 11) is 4.03. The van der Waals surface area contributed by atoms with Crippen molar-refractivity contribution in [3.63, 3.8) is 0 Å². The van der Waals surface area contributed by atoms with Gasteiger partial charge in [0.25, 0.3) is 0 Å². The predicted octanol–water partition coefficient (Wildman–Crippen LogP) is 0.989. The van der Waals surface area contributed by atoms with Crippen molar-refractivity contribution in [3.8, 4) is 0 Å². The molecule has 5 nitrogen and oxygen atoms in total. The summed E-state index contributed by atoms with van der Waals surface area (Å²) in [5.41, 5.74) is 1.26. The monoisotopic (exact) mass is 303 g/mol. The second-order valence-corrected chi connectivity index (χ2v) is 5.84. The third-order valence-corrected chi connectivity index (χ3v) is 4.06. The molecule has 1 heterocycles. The minimum atomic E-state index is 0.801. The van der Waals surface area contributed by atoms with E-state index in [1.165, 1.54) is 31.6 Å². The van der Waals surface area contributed by atoms with Gasteiger partial charge in [-0.05, 0) is 32.1 Å². The number of benzene rings is 1. The topological polar surface area (TPSA) is 42.9 Å². The molecule has 1 fully saturated rings. The van der Waals surface area contributed by atoms with Crippen LogP contribution in [0.3, 0.4) is 0 Å². The Balaban J connectivity index is 1.66. The van der Waals surface area contributed by atoms with Crippen LogP contribution >= 0.6 is 0 Å². The van der Waals surface area contributed by atoms with Crippen molar-refractivity contribution in [2.75, 3.05) is 53.4 Å². The van der Waals surface area contributed by atoms with Gasteiger partial charge in [-0.25, -0.2) is 0 Å². The van der Waals surface area contributed by atoms with E-state index in [0.29, 0.717) is 0 Å². The van der Waals surface area contributed by atoms with Gasteiger partial charge in [-0.2, -0.15) is 0 Å². The average molecular weight is 303 g/mol. The van der Waals surface area contributed by atoms with Crippen molar-refractivity contribution in [1.82, 2.24) is 20.4 Å². The minimum absolute atomic E-state index is 0.801. The Labute approximate surface area is 134 Å². The summed E-state index contributed by atoms with van der Waals surface area (Å²) in [6.07, 6.45) is 1.26. The van der Waals surface area contributed by atoms with E-state index in [9.17, 15) is 0 Å². The van der Waals surface area contributed by atoms with Gasteiger partial charge in [0, 0.05) is 39.8 Å². The number of nitrogens with zero attached hydrogens (tertiary/aromatic N) is 3. The summed E-state index contributed by atoms with van der Waals surface area (Å²) < 4.78 is 0. The van der Waals surface area contributed by atoms with E-state index in [2.05, 4.69) is 56.7 Å². The molecule has 2 N–H and O–H groups in total. The smallest absolute Gasteiger partial charge is 0.191 e. The van der Waals surface area contributed by atoms with Crippen LogP contribution in [0.25, 0.3) is 0 Å². The van der Waals surface area contributed by atoms with Crippen molar-refractivity contribution in [2.45, 2.75) is 13.0 Å². The molecule has 1 aliphatic heterocycles. The first kappa shape index (κ1) is 16.8. The van der Waals surface area contributed by atoms with Crippen LogP contribution in [0, 0.1) is 0 Å². The van der Waals surface area contributed by atoms with Crippen LogP contribution in [-0.2, 0) is 6.54 Å². The zero-order valence-electron chi connectivity index (χ0n) is 13.9. The number of hydrogen-bond donors (Lipinski definition) is 2. The predicted molar refractivity (Wildman–Crippen MR) is 93.2 cm³/mol. The SMILES string of the molecule is CN=C(NCCN1CCCN(C)CC1)NCc1ccccc1. The molecule has 0 unspecified atom stereocenters. The molecule has 1 aromatic carbocycles. The summed E-state index contributed by atoms with van der Waals surface area (Å²) >= 11 is 0. The molecule has 0 bridgehead atoms. The maximum atomic E-state index is 4.28. The van der Waals surface area contributed by atoms with Crippen LogP contribution in [0.5, 0.6) is 0 Å². The van der Waals surface area contributed by atoms with Crippen molar-refractivity contribution in [3.05, 3.63) is 35.9 Å². The average Bonchev–Trinajstić information content (AvgIpc) is 2.76. The lowest BCUT2D eigenvalue weighted by Crippen LogP contribution is -2.42. The van der Waals surface area contributed by atoms with Gasteiger partial charge in [-0.3, -0.25) is 4.99 Å². The Morgan fingerprint density at radius 1 is 1.09 bits per heavy atom. The Hall–Kier alpha value is -1.59. The van der Waals surface area contributed by atoms with Gasteiger partial charge >= 0.3 is 0 Å². The second kappa shape index (κ2) is 9.43. The molecule has 122 valence electrons. The fourth-order valence-corrected chi connectivity index (χ4v) is 2.66. The maximum absolute atomic E-state index is 4.28. The van der Waals surface area contributed by atoms with Crippen molar-refractivity contribution < 1.29 is 0 Å². The van der Waals surface area contributed by atoms with Gasteiger partial charge in [-0.1, -0.05) is 30.3 Å². The van der Waals surface area contributed by atoms with E-state index in [0.717, 1.165) is 32.1 Å². The second-order valence-electron chi connectivity index (χ2n) is 5.84. The summed E-state index contributed by atoms with van der Waals surface area (Å²) in [6, 6.07) is 10.4. The summed E-state index contributed by atoms with van der Waals surface area (Å²) in [6.45, 7) is 7.54. The summed E-state index contributed by atoms with van der Waals surface area (Å²) in [5.74, 6) is 0.871. The minimum Gasteiger partial charge on any atom is -0.355 e. The number of aliphatic imine (C=N–C) groups is 1. The van der Waals surface area contributed by atoms with Gasteiger partial charge in [0.05, 0.1) is 0 Å². The van der Waals surface area contributed by atoms with Crippen LogP contribution in [0.1, 0.15) is 12.0 Å². The number of nitrogens with one attached hydrogen (secondary N) is 2. The maximum Gasteiger partial charge on any atom is 0.191 e. The first-order valence-corrected chi connectivity index (χ1v) is 8.17. The molecular weight excluding hydrogens is 274 g/mol. The third kappa shape index (κ3) is 6.03. The molecule has 22 heavy (non-hydrogen) atoms. The van der Waals surface area contributed by atoms with Gasteiger partial charge in [0.1, 0.15) is 0 Å². The highest BCUT2D eigenvalue weighted by Crippen LogP contribution is 2.00. The zero-order valence-corrected chi connectivity index (χ0v) is 13.9. The molecule has 1 aliphatic rings. The fraction of sp³-hybridized carbons (Fsp3) is 0.588. The Kier molecular flexibility index (Phi) is 7.19. The highest BCUT2D eigenvalue weighted by molar-refractivity contribution is 5.79. The van der Waals surface area contributed by atoms with E-state index in [4.69, 9.17) is 0 Å². The van der Waals surface area contributed by atoms with Crippen molar-refractivity contribution in [2.24, 2.45) is 4.99 Å². The molecule has 2 rings (SSSR count). The van der Waals surface area contributed by atoms with Crippen molar-refractivity contribution >= 4 is 5.96 Å². The van der Waals surface area contributed by atoms with E-state index in [1.807, 2.05) is 13.1 Å². The summed E-state index contributed by atoms with van der Waals surface area (Å²) in [5, 5.41) is 6.76. The zero-order chi connectivity index (χ0) is 15.6. The van der Waals surface area contributed by atoms with Gasteiger partial charge in [-0.15, -0.1) is 0 Å². The normalized spacial score (nSPS) is 18.0. The molecule has 0 atom stereocenters. The molecule has 1 saturated heterocycles. The Morgan fingerprint density at radius 2 is 1.91 bits per heavy atom. The number of likely N-dealkylation sites (N-methyl/N-ethyl adjacent to an activating group) is 1. The lowest BCUT2D eigenvalue weighted by molar-refractivity contribution is 0.280. The first-order valence-electron chi connectivity index (χ1n) is 8.17. The third-order valence-electron chi connectivity index (χ3n) is 4.06.